The number of carbonyl (C=O) groups is 2. The SMILES string of the molecule is CS(=O)(=O)CS(=O)(=O)N1CCC2(C1)NC(=O)NC2=O. The van der Waals surface area contributed by atoms with Crippen LogP contribution in [-0.4, -0.2) is 63.0 Å². The van der Waals surface area contributed by atoms with Crippen LogP contribution in [0.1, 0.15) is 6.42 Å². The molecular weight excluding hydrogens is 298 g/mol. The Balaban J connectivity index is 2.19. The molecule has 2 saturated heterocycles. The van der Waals surface area contributed by atoms with Crippen molar-refractivity contribution in [2.45, 2.75) is 12.0 Å². The van der Waals surface area contributed by atoms with Crippen LogP contribution >= 0.6 is 0 Å². The number of rotatable bonds is 3. The van der Waals surface area contributed by atoms with Crippen LogP contribution in [-0.2, 0) is 24.7 Å². The predicted molar refractivity (Wildman–Crippen MR) is 64.2 cm³/mol. The summed E-state index contributed by atoms with van der Waals surface area (Å²) >= 11 is 0. The Bertz CT molecular complexity index is 639. The van der Waals surface area contributed by atoms with Crippen LogP contribution in [0.15, 0.2) is 0 Å². The van der Waals surface area contributed by atoms with Gasteiger partial charge in [0.05, 0.1) is 0 Å². The van der Waals surface area contributed by atoms with Crippen molar-refractivity contribution in [2.24, 2.45) is 0 Å². The summed E-state index contributed by atoms with van der Waals surface area (Å²) in [4.78, 5) is 22.7. The van der Waals surface area contributed by atoms with Crippen LogP contribution < -0.4 is 10.6 Å². The number of sulfonamides is 1. The molecule has 0 bridgehead atoms. The number of carbonyl (C=O) groups excluding carboxylic acids is 2. The Kier molecular flexibility index (Phi) is 3.10. The highest BCUT2D eigenvalue weighted by molar-refractivity contribution is 8.06. The molecule has 0 saturated carbocycles. The molecule has 2 rings (SSSR count). The molecule has 1 spiro atoms. The molecule has 0 aromatic heterocycles. The molecule has 1 unspecified atom stereocenters. The fourth-order valence-corrected chi connectivity index (χ4v) is 5.72. The third-order valence-corrected chi connectivity index (χ3v) is 7.01. The minimum absolute atomic E-state index is 0.00838. The van der Waals surface area contributed by atoms with Gasteiger partial charge in [-0.25, -0.2) is 21.6 Å². The zero-order valence-electron chi connectivity index (χ0n) is 10.0. The molecule has 2 heterocycles. The summed E-state index contributed by atoms with van der Waals surface area (Å²) in [5.74, 6) is -0.588. The van der Waals surface area contributed by atoms with E-state index in [0.717, 1.165) is 10.6 Å². The third-order valence-electron chi connectivity index (χ3n) is 3.01. The van der Waals surface area contributed by atoms with Crippen molar-refractivity contribution in [3.63, 3.8) is 0 Å². The number of hydrogen-bond donors (Lipinski definition) is 2. The Morgan fingerprint density at radius 1 is 1.26 bits per heavy atom. The van der Waals surface area contributed by atoms with Crippen LogP contribution in [0, 0.1) is 0 Å². The summed E-state index contributed by atoms with van der Waals surface area (Å²) in [6, 6.07) is -0.674. The van der Waals surface area contributed by atoms with E-state index in [1.165, 1.54) is 0 Å². The average molecular weight is 311 g/mol. The standard InChI is InChI=1S/C8H13N3O6S2/c1-18(14,15)5-19(16,17)11-3-2-8(4-11)6(12)9-7(13)10-8/h2-5H2,1H3,(H2,9,10,12,13). The van der Waals surface area contributed by atoms with Gasteiger partial charge in [0, 0.05) is 19.3 Å². The molecule has 1 atom stereocenters. The number of nitrogens with one attached hydrogen (secondary N) is 2. The van der Waals surface area contributed by atoms with Crippen molar-refractivity contribution in [3.05, 3.63) is 0 Å². The van der Waals surface area contributed by atoms with Gasteiger partial charge in [0.1, 0.15) is 5.54 Å². The summed E-state index contributed by atoms with van der Waals surface area (Å²) in [7, 11) is -7.70. The van der Waals surface area contributed by atoms with E-state index < -0.39 is 42.4 Å². The summed E-state index contributed by atoms with van der Waals surface area (Å²) in [5, 5.41) is 3.42. The van der Waals surface area contributed by atoms with Crippen LogP contribution in [0.3, 0.4) is 0 Å². The Labute approximate surface area is 110 Å². The van der Waals surface area contributed by atoms with Gasteiger partial charge in [-0.2, -0.15) is 4.31 Å². The molecule has 3 amide bonds. The lowest BCUT2D eigenvalue weighted by Crippen LogP contribution is -2.50. The zero-order valence-corrected chi connectivity index (χ0v) is 11.7. The highest BCUT2D eigenvalue weighted by Crippen LogP contribution is 2.27. The molecule has 11 heteroatoms. The van der Waals surface area contributed by atoms with E-state index in [0.29, 0.717) is 0 Å². The molecule has 0 aliphatic carbocycles. The van der Waals surface area contributed by atoms with E-state index >= 15 is 0 Å². The lowest BCUT2D eigenvalue weighted by Gasteiger charge is -2.20. The summed E-state index contributed by atoms with van der Waals surface area (Å²) in [6.45, 7) is -0.256. The van der Waals surface area contributed by atoms with E-state index in [1.54, 1.807) is 0 Å². The Hall–Kier alpha value is -1.20. The second-order valence-electron chi connectivity index (χ2n) is 4.73. The Morgan fingerprint density at radius 2 is 1.89 bits per heavy atom. The van der Waals surface area contributed by atoms with Crippen molar-refractivity contribution in [1.82, 2.24) is 14.9 Å². The van der Waals surface area contributed by atoms with Gasteiger partial charge in [0.25, 0.3) is 5.91 Å². The zero-order chi connectivity index (χ0) is 14.5. The van der Waals surface area contributed by atoms with Gasteiger partial charge in [-0.15, -0.1) is 0 Å². The van der Waals surface area contributed by atoms with E-state index in [9.17, 15) is 26.4 Å². The maximum Gasteiger partial charge on any atom is 0.322 e. The minimum atomic E-state index is -4.01. The van der Waals surface area contributed by atoms with Crippen molar-refractivity contribution < 1.29 is 26.4 Å². The second-order valence-corrected chi connectivity index (χ2v) is 9.20. The van der Waals surface area contributed by atoms with Gasteiger partial charge < -0.3 is 5.32 Å². The number of imide groups is 1. The van der Waals surface area contributed by atoms with Gasteiger partial charge in [-0.05, 0) is 6.42 Å². The fraction of sp³-hybridized carbons (Fsp3) is 0.750. The first kappa shape index (κ1) is 14.2. The van der Waals surface area contributed by atoms with Crippen molar-refractivity contribution in [1.29, 1.82) is 0 Å². The molecule has 108 valence electrons. The molecule has 2 aliphatic rings. The first-order valence-corrected chi connectivity index (χ1v) is 9.00. The normalized spacial score (nSPS) is 28.7. The number of sulfone groups is 1. The number of urea groups is 1. The third kappa shape index (κ3) is 2.72. The molecule has 19 heavy (non-hydrogen) atoms. The van der Waals surface area contributed by atoms with Gasteiger partial charge in [-0.1, -0.05) is 0 Å². The largest absolute Gasteiger partial charge is 0.322 e. The monoisotopic (exact) mass is 311 g/mol. The van der Waals surface area contributed by atoms with Gasteiger partial charge in [0.15, 0.2) is 14.9 Å². The Morgan fingerprint density at radius 3 is 2.37 bits per heavy atom. The molecule has 2 fully saturated rings. The number of nitrogens with zero attached hydrogens (tertiary/aromatic N) is 1. The van der Waals surface area contributed by atoms with E-state index in [4.69, 9.17) is 0 Å². The molecule has 2 aliphatic heterocycles. The molecule has 0 radical (unpaired) electrons. The fourth-order valence-electron chi connectivity index (χ4n) is 2.17. The summed E-state index contributed by atoms with van der Waals surface area (Å²) < 4.78 is 46.8. The van der Waals surface area contributed by atoms with Gasteiger partial charge >= 0.3 is 6.03 Å². The van der Waals surface area contributed by atoms with Gasteiger partial charge in [0.2, 0.25) is 10.0 Å². The summed E-state index contributed by atoms with van der Waals surface area (Å²) in [6.07, 6.45) is 0.939. The second kappa shape index (κ2) is 4.15. The van der Waals surface area contributed by atoms with Crippen molar-refractivity contribution >= 4 is 31.8 Å². The van der Waals surface area contributed by atoms with E-state index in [-0.39, 0.29) is 19.5 Å². The molecule has 0 aromatic rings. The maximum absolute atomic E-state index is 11.9. The van der Waals surface area contributed by atoms with Crippen LogP contribution in [0.25, 0.3) is 0 Å². The minimum Gasteiger partial charge on any atom is -0.322 e. The molecule has 0 aromatic carbocycles. The quantitative estimate of drug-likeness (QED) is 0.559. The lowest BCUT2D eigenvalue weighted by atomic mass is 10.00. The predicted octanol–water partition coefficient (Wildman–Crippen LogP) is -2.40. The topological polar surface area (TPSA) is 130 Å². The molecule has 9 nitrogen and oxygen atoms in total. The molecular formula is C8H13N3O6S2. The van der Waals surface area contributed by atoms with Crippen molar-refractivity contribution in [2.75, 3.05) is 24.4 Å². The highest BCUT2D eigenvalue weighted by Gasteiger charge is 2.53. The maximum atomic E-state index is 11.9. The van der Waals surface area contributed by atoms with E-state index in [1.807, 2.05) is 5.32 Å². The van der Waals surface area contributed by atoms with Crippen molar-refractivity contribution in [3.8, 4) is 0 Å². The highest BCUT2D eigenvalue weighted by atomic mass is 32.3. The summed E-state index contributed by atoms with van der Waals surface area (Å²) in [5.41, 5.74) is -1.28. The van der Waals surface area contributed by atoms with Crippen LogP contribution in [0.5, 0.6) is 0 Å². The van der Waals surface area contributed by atoms with E-state index in [2.05, 4.69) is 5.32 Å². The van der Waals surface area contributed by atoms with Crippen LogP contribution in [0.2, 0.25) is 0 Å². The smallest absolute Gasteiger partial charge is 0.322 e. The molecule has 2 N–H and O–H groups in total. The van der Waals surface area contributed by atoms with Crippen LogP contribution in [0.4, 0.5) is 4.79 Å². The van der Waals surface area contributed by atoms with Gasteiger partial charge in [-0.3, -0.25) is 10.1 Å². The lowest BCUT2D eigenvalue weighted by molar-refractivity contribution is -0.123. The number of hydrogen-bond acceptors (Lipinski definition) is 6. The first-order valence-electron chi connectivity index (χ1n) is 5.33. The number of amides is 3. The first-order chi connectivity index (χ1) is 8.54. The average Bonchev–Trinajstić information content (AvgIpc) is 2.69.